The van der Waals surface area contributed by atoms with E-state index in [2.05, 4.69) is 22.2 Å². The van der Waals surface area contributed by atoms with E-state index in [0.717, 1.165) is 19.6 Å². The summed E-state index contributed by atoms with van der Waals surface area (Å²) in [6.07, 6.45) is 0.463. The van der Waals surface area contributed by atoms with Gasteiger partial charge in [0.25, 0.3) is 12.4 Å². The fourth-order valence-electron chi connectivity index (χ4n) is 1.35. The number of guanidine groups is 1. The van der Waals surface area contributed by atoms with Gasteiger partial charge in [-0.2, -0.15) is 9.98 Å². The summed E-state index contributed by atoms with van der Waals surface area (Å²) in [4.78, 5) is 10.3. The van der Waals surface area contributed by atoms with Crippen molar-refractivity contribution in [3.63, 3.8) is 0 Å². The molecule has 104 valence electrons. The van der Waals surface area contributed by atoms with Crippen LogP contribution in [-0.2, 0) is 14.2 Å². The molecule has 0 saturated carbocycles. The highest BCUT2D eigenvalue weighted by Gasteiger charge is 2.19. The van der Waals surface area contributed by atoms with Gasteiger partial charge in [-0.15, -0.1) is 0 Å². The molecule has 1 aliphatic rings. The minimum Gasteiger partial charge on any atom is -0.468 e. The van der Waals surface area contributed by atoms with Crippen molar-refractivity contribution in [2.24, 2.45) is 9.98 Å². The van der Waals surface area contributed by atoms with Crippen LogP contribution in [0.4, 0.5) is 0 Å². The molecule has 7 nitrogen and oxygen atoms in total. The topological polar surface area (TPSA) is 67.7 Å². The molecule has 0 fully saturated rings. The molecule has 0 amide bonds. The lowest BCUT2D eigenvalue weighted by Crippen LogP contribution is -2.47. The minimum absolute atomic E-state index is 0.396. The summed E-state index contributed by atoms with van der Waals surface area (Å²) in [7, 11) is 5.02. The van der Waals surface area contributed by atoms with Crippen LogP contribution in [0, 0.1) is 0 Å². The Morgan fingerprint density at radius 1 is 1.28 bits per heavy atom. The molecule has 1 unspecified atom stereocenters. The second kappa shape index (κ2) is 7.88. The molecule has 0 spiro atoms. The summed E-state index contributed by atoms with van der Waals surface area (Å²) in [6, 6.07) is 0.396. The van der Waals surface area contributed by atoms with Gasteiger partial charge in [-0.1, -0.05) is 6.92 Å². The Morgan fingerprint density at radius 3 is 2.67 bits per heavy atom. The third-order valence-electron chi connectivity index (χ3n) is 2.36. The highest BCUT2D eigenvalue weighted by atomic mass is 16.5. The van der Waals surface area contributed by atoms with Gasteiger partial charge in [0, 0.05) is 27.3 Å². The Hall–Kier alpha value is -1.34. The molecule has 0 saturated heterocycles. The van der Waals surface area contributed by atoms with Crippen molar-refractivity contribution < 1.29 is 14.2 Å². The van der Waals surface area contributed by atoms with Crippen LogP contribution < -0.4 is 5.32 Å². The maximum Gasteiger partial charge on any atom is 0.295 e. The van der Waals surface area contributed by atoms with E-state index in [1.54, 1.807) is 14.2 Å². The second-order valence-electron chi connectivity index (χ2n) is 3.81. The van der Waals surface area contributed by atoms with Crippen LogP contribution in [0.15, 0.2) is 9.98 Å². The number of amidine groups is 1. The summed E-state index contributed by atoms with van der Waals surface area (Å²) in [6.45, 7) is 4.25. The minimum atomic E-state index is -0.560. The standard InChI is InChI=1S/C11H22N4O3/c1-5-7-18-8-6-15(2)9-12-10(16-3)14-11(13-9)17-4/h10H,5-8H2,1-4H3,(H,12,13,14). The number of rotatable bonds is 6. The van der Waals surface area contributed by atoms with Crippen molar-refractivity contribution in [1.82, 2.24) is 10.2 Å². The van der Waals surface area contributed by atoms with E-state index in [9.17, 15) is 0 Å². The van der Waals surface area contributed by atoms with Crippen molar-refractivity contribution in [3.05, 3.63) is 0 Å². The van der Waals surface area contributed by atoms with Crippen LogP contribution in [0.3, 0.4) is 0 Å². The summed E-state index contributed by atoms with van der Waals surface area (Å²) in [5.74, 6) is 0.661. The van der Waals surface area contributed by atoms with Crippen molar-refractivity contribution in [2.45, 2.75) is 19.7 Å². The Morgan fingerprint density at radius 2 is 2.06 bits per heavy atom. The van der Waals surface area contributed by atoms with Crippen LogP contribution in [0.5, 0.6) is 0 Å². The van der Waals surface area contributed by atoms with Crippen LogP contribution in [-0.4, -0.2) is 64.3 Å². The first kappa shape index (κ1) is 14.7. The molecule has 0 aromatic rings. The summed E-state index contributed by atoms with van der Waals surface area (Å²) in [5, 5.41) is 2.98. The Bertz CT molecular complexity index is 307. The van der Waals surface area contributed by atoms with Gasteiger partial charge in [0.15, 0.2) is 0 Å². The second-order valence-corrected chi connectivity index (χ2v) is 3.81. The molecule has 1 N–H and O–H groups in total. The highest BCUT2D eigenvalue weighted by Crippen LogP contribution is 2.03. The zero-order valence-corrected chi connectivity index (χ0v) is 11.5. The van der Waals surface area contributed by atoms with E-state index in [-0.39, 0.29) is 0 Å². The molecule has 0 aromatic heterocycles. The number of nitrogens with zero attached hydrogens (tertiary/aromatic N) is 3. The van der Waals surface area contributed by atoms with Gasteiger partial charge in [0.2, 0.25) is 5.96 Å². The number of methoxy groups -OCH3 is 2. The molecule has 0 bridgehead atoms. The number of ether oxygens (including phenoxy) is 3. The summed E-state index contributed by atoms with van der Waals surface area (Å²) in [5.41, 5.74) is 0. The fourth-order valence-corrected chi connectivity index (χ4v) is 1.35. The van der Waals surface area contributed by atoms with Crippen molar-refractivity contribution in [2.75, 3.05) is 41.0 Å². The lowest BCUT2D eigenvalue weighted by atomic mass is 10.5. The third kappa shape index (κ3) is 4.50. The van der Waals surface area contributed by atoms with Gasteiger partial charge in [-0.25, -0.2) is 0 Å². The fraction of sp³-hybridized carbons (Fsp3) is 0.818. The molecular weight excluding hydrogens is 236 g/mol. The maximum absolute atomic E-state index is 5.43. The van der Waals surface area contributed by atoms with E-state index in [0.29, 0.717) is 18.6 Å². The number of hydrogen-bond acceptors (Lipinski definition) is 7. The average Bonchev–Trinajstić information content (AvgIpc) is 2.42. The van der Waals surface area contributed by atoms with Gasteiger partial charge < -0.3 is 19.1 Å². The number of nitrogens with one attached hydrogen (secondary N) is 1. The molecule has 0 aromatic carbocycles. The number of aliphatic imine (C=N–C) groups is 2. The van der Waals surface area contributed by atoms with Crippen molar-refractivity contribution in [1.29, 1.82) is 0 Å². The first-order chi connectivity index (χ1) is 8.71. The zero-order valence-electron chi connectivity index (χ0n) is 11.5. The Balaban J connectivity index is 2.46. The first-order valence-corrected chi connectivity index (χ1v) is 5.99. The summed E-state index contributed by atoms with van der Waals surface area (Å²) < 4.78 is 15.6. The quantitative estimate of drug-likeness (QED) is 0.691. The molecule has 0 radical (unpaired) electrons. The number of hydrogen-bond donors (Lipinski definition) is 1. The molecule has 0 aliphatic carbocycles. The van der Waals surface area contributed by atoms with Crippen LogP contribution in [0.25, 0.3) is 0 Å². The van der Waals surface area contributed by atoms with E-state index < -0.39 is 6.35 Å². The predicted molar refractivity (Wildman–Crippen MR) is 69.6 cm³/mol. The van der Waals surface area contributed by atoms with Gasteiger partial charge in [0.1, 0.15) is 0 Å². The van der Waals surface area contributed by atoms with E-state index in [4.69, 9.17) is 14.2 Å². The van der Waals surface area contributed by atoms with Gasteiger partial charge >= 0.3 is 0 Å². The van der Waals surface area contributed by atoms with Crippen molar-refractivity contribution >= 4 is 12.0 Å². The van der Waals surface area contributed by atoms with Crippen LogP contribution >= 0.6 is 0 Å². The molecule has 18 heavy (non-hydrogen) atoms. The van der Waals surface area contributed by atoms with E-state index in [1.165, 1.54) is 0 Å². The normalized spacial score (nSPS) is 18.8. The average molecular weight is 258 g/mol. The Labute approximate surface area is 108 Å². The molecule has 1 aliphatic heterocycles. The highest BCUT2D eigenvalue weighted by molar-refractivity contribution is 5.97. The molecule has 7 heteroatoms. The number of likely N-dealkylation sites (N-methyl/N-ethyl adjacent to an activating group) is 1. The zero-order chi connectivity index (χ0) is 13.4. The lowest BCUT2D eigenvalue weighted by Gasteiger charge is -2.26. The molecule has 1 atom stereocenters. The largest absolute Gasteiger partial charge is 0.468 e. The van der Waals surface area contributed by atoms with Gasteiger partial charge in [0.05, 0.1) is 13.7 Å². The SMILES string of the molecule is CCCOCCN(C)C1=NC(OC)N=C(OC)N1. The summed E-state index contributed by atoms with van der Waals surface area (Å²) >= 11 is 0. The van der Waals surface area contributed by atoms with Crippen molar-refractivity contribution in [3.8, 4) is 0 Å². The predicted octanol–water partition coefficient (Wildman–Crippen LogP) is 0.236. The van der Waals surface area contributed by atoms with Gasteiger partial charge in [-0.05, 0) is 6.42 Å². The first-order valence-electron chi connectivity index (χ1n) is 5.99. The smallest absolute Gasteiger partial charge is 0.295 e. The van der Waals surface area contributed by atoms with Crippen LogP contribution in [0.1, 0.15) is 13.3 Å². The molecular formula is C11H22N4O3. The van der Waals surface area contributed by atoms with Gasteiger partial charge in [-0.3, -0.25) is 5.32 Å². The Kier molecular flexibility index (Phi) is 6.45. The molecule has 1 rings (SSSR count). The molecule has 1 heterocycles. The maximum atomic E-state index is 5.43. The third-order valence-corrected chi connectivity index (χ3v) is 2.36. The van der Waals surface area contributed by atoms with Crippen LogP contribution in [0.2, 0.25) is 0 Å². The van der Waals surface area contributed by atoms with E-state index in [1.807, 2.05) is 11.9 Å². The monoisotopic (exact) mass is 258 g/mol. The lowest BCUT2D eigenvalue weighted by molar-refractivity contribution is 0.108. The van der Waals surface area contributed by atoms with E-state index >= 15 is 0 Å².